The van der Waals surface area contributed by atoms with Crippen LogP contribution in [0.5, 0.6) is 0 Å². The van der Waals surface area contributed by atoms with Gasteiger partial charge in [-0.25, -0.2) is 4.98 Å². The monoisotopic (exact) mass is 466 g/mol. The molecule has 2 aliphatic rings. The zero-order valence-electron chi connectivity index (χ0n) is 19.8. The third kappa shape index (κ3) is 4.70. The fourth-order valence-electron chi connectivity index (χ4n) is 5.07. The van der Waals surface area contributed by atoms with Gasteiger partial charge in [0.05, 0.1) is 11.8 Å². The van der Waals surface area contributed by atoms with Crippen molar-refractivity contribution in [1.29, 1.82) is 0 Å². The molecule has 2 saturated heterocycles. The molecule has 35 heavy (non-hydrogen) atoms. The summed E-state index contributed by atoms with van der Waals surface area (Å²) in [5, 5.41) is 21.2. The van der Waals surface area contributed by atoms with Crippen LogP contribution >= 0.6 is 0 Å². The van der Waals surface area contributed by atoms with Crippen LogP contribution in [-0.4, -0.2) is 70.6 Å². The summed E-state index contributed by atoms with van der Waals surface area (Å²) < 4.78 is 0. The number of nitrogens with zero attached hydrogens (tertiary/aromatic N) is 6. The van der Waals surface area contributed by atoms with Crippen molar-refractivity contribution in [3.8, 4) is 0 Å². The standard InChI is InChI=1S/C28H30N6O/c35-23-19-32(20-23)18-22-10-11-27(29-17-22)33-12-14-34(15-13-33)28-25-9-5-4-8-24(25)26(30-31-28)16-21-6-2-1-3-7-21/h1-11,17,23,35H,12-16,18-20H2. The largest absolute Gasteiger partial charge is 0.390 e. The van der Waals surface area contributed by atoms with Gasteiger partial charge in [-0.2, -0.15) is 5.10 Å². The zero-order chi connectivity index (χ0) is 23.6. The van der Waals surface area contributed by atoms with Gasteiger partial charge in [-0.3, -0.25) is 4.90 Å². The lowest BCUT2D eigenvalue weighted by Crippen LogP contribution is -2.49. The van der Waals surface area contributed by atoms with Crippen molar-refractivity contribution in [3.05, 3.63) is 89.7 Å². The number of hydrogen-bond donors (Lipinski definition) is 1. The minimum absolute atomic E-state index is 0.166. The Balaban J connectivity index is 1.14. The smallest absolute Gasteiger partial charge is 0.159 e. The Morgan fingerprint density at radius 1 is 0.743 bits per heavy atom. The van der Waals surface area contributed by atoms with E-state index in [0.29, 0.717) is 0 Å². The van der Waals surface area contributed by atoms with Crippen LogP contribution in [0.15, 0.2) is 72.9 Å². The summed E-state index contributed by atoms with van der Waals surface area (Å²) in [6, 6.07) is 23.2. The van der Waals surface area contributed by atoms with Crippen LogP contribution in [0.2, 0.25) is 0 Å². The molecule has 0 aliphatic carbocycles. The summed E-state index contributed by atoms with van der Waals surface area (Å²) >= 11 is 0. The topological polar surface area (TPSA) is 68.6 Å². The maximum absolute atomic E-state index is 9.47. The zero-order valence-corrected chi connectivity index (χ0v) is 19.8. The SMILES string of the molecule is OC1CN(Cc2ccc(N3CCN(c4nnc(Cc5ccccc5)c5ccccc45)CC3)nc2)C1. The highest BCUT2D eigenvalue weighted by molar-refractivity contribution is 5.93. The number of piperazine rings is 1. The van der Waals surface area contributed by atoms with Crippen molar-refractivity contribution in [2.45, 2.75) is 19.1 Å². The number of anilines is 2. The first-order valence-electron chi connectivity index (χ1n) is 12.4. The Hall–Kier alpha value is -3.55. The number of aromatic nitrogens is 3. The van der Waals surface area contributed by atoms with Gasteiger partial charge in [-0.05, 0) is 17.2 Å². The summed E-state index contributed by atoms with van der Waals surface area (Å²) in [5.41, 5.74) is 3.46. The van der Waals surface area contributed by atoms with Crippen molar-refractivity contribution < 1.29 is 5.11 Å². The van der Waals surface area contributed by atoms with Crippen LogP contribution in [0.1, 0.15) is 16.8 Å². The lowest BCUT2D eigenvalue weighted by molar-refractivity contribution is -0.00291. The maximum Gasteiger partial charge on any atom is 0.159 e. The number of fused-ring (bicyclic) bond motifs is 1. The number of likely N-dealkylation sites (tertiary alicyclic amines) is 1. The Morgan fingerprint density at radius 2 is 1.46 bits per heavy atom. The molecule has 0 unspecified atom stereocenters. The maximum atomic E-state index is 9.47. The fraction of sp³-hybridized carbons (Fsp3) is 0.321. The second-order valence-electron chi connectivity index (χ2n) is 9.52. The number of hydrogen-bond acceptors (Lipinski definition) is 7. The van der Waals surface area contributed by atoms with Gasteiger partial charge in [-0.1, -0.05) is 60.7 Å². The Labute approximate surface area is 205 Å². The summed E-state index contributed by atoms with van der Waals surface area (Å²) in [6.45, 7) is 5.92. The lowest BCUT2D eigenvalue weighted by atomic mass is 10.0. The number of pyridine rings is 1. The lowest BCUT2D eigenvalue weighted by Gasteiger charge is -2.37. The van der Waals surface area contributed by atoms with Crippen LogP contribution in [0, 0.1) is 0 Å². The molecule has 0 spiro atoms. The van der Waals surface area contributed by atoms with Crippen molar-refractivity contribution >= 4 is 22.4 Å². The molecule has 7 heteroatoms. The Bertz CT molecular complexity index is 1280. The highest BCUT2D eigenvalue weighted by atomic mass is 16.3. The first-order chi connectivity index (χ1) is 17.2. The summed E-state index contributed by atoms with van der Waals surface area (Å²) in [7, 11) is 0. The van der Waals surface area contributed by atoms with Crippen LogP contribution in [0.3, 0.4) is 0 Å². The quantitative estimate of drug-likeness (QED) is 0.468. The predicted molar refractivity (Wildman–Crippen MR) is 139 cm³/mol. The van der Waals surface area contributed by atoms with Gasteiger partial charge in [0.1, 0.15) is 5.82 Å². The fourth-order valence-corrected chi connectivity index (χ4v) is 5.07. The molecule has 2 aromatic heterocycles. The molecule has 4 aromatic rings. The van der Waals surface area contributed by atoms with E-state index < -0.39 is 0 Å². The van der Waals surface area contributed by atoms with E-state index in [1.54, 1.807) is 0 Å². The second-order valence-corrected chi connectivity index (χ2v) is 9.52. The molecule has 0 atom stereocenters. The second kappa shape index (κ2) is 9.60. The summed E-state index contributed by atoms with van der Waals surface area (Å²) in [5.74, 6) is 1.99. The Kier molecular flexibility index (Phi) is 6.02. The van der Waals surface area contributed by atoms with E-state index in [1.807, 2.05) is 12.3 Å². The van der Waals surface area contributed by atoms with E-state index in [4.69, 9.17) is 10.1 Å². The van der Waals surface area contributed by atoms with E-state index in [9.17, 15) is 5.11 Å². The van der Waals surface area contributed by atoms with Gasteiger partial charge in [0.15, 0.2) is 5.82 Å². The van der Waals surface area contributed by atoms with Crippen molar-refractivity contribution in [3.63, 3.8) is 0 Å². The minimum Gasteiger partial charge on any atom is -0.390 e. The molecule has 178 valence electrons. The highest BCUT2D eigenvalue weighted by Gasteiger charge is 2.25. The molecule has 0 radical (unpaired) electrons. The van der Waals surface area contributed by atoms with E-state index >= 15 is 0 Å². The number of β-amino-alcohol motifs (C(OH)–C–C–N with tert-alkyl or cyclic N) is 1. The van der Waals surface area contributed by atoms with Crippen molar-refractivity contribution in [1.82, 2.24) is 20.1 Å². The molecule has 0 amide bonds. The van der Waals surface area contributed by atoms with Gasteiger partial charge < -0.3 is 14.9 Å². The Morgan fingerprint density at radius 3 is 2.17 bits per heavy atom. The molecular formula is C28H30N6O. The molecule has 4 heterocycles. The van der Waals surface area contributed by atoms with Crippen LogP contribution in [-0.2, 0) is 13.0 Å². The van der Waals surface area contributed by atoms with Crippen LogP contribution in [0.4, 0.5) is 11.6 Å². The first kappa shape index (κ1) is 21.9. The molecule has 1 N–H and O–H groups in total. The molecule has 7 nitrogen and oxygen atoms in total. The summed E-state index contributed by atoms with van der Waals surface area (Å²) in [4.78, 5) is 11.6. The molecule has 6 rings (SSSR count). The van der Waals surface area contributed by atoms with Gasteiger partial charge in [-0.15, -0.1) is 5.10 Å². The van der Waals surface area contributed by atoms with Crippen LogP contribution < -0.4 is 9.80 Å². The summed E-state index contributed by atoms with van der Waals surface area (Å²) in [6.07, 6.45) is 2.58. The number of aliphatic hydroxyl groups is 1. The first-order valence-corrected chi connectivity index (χ1v) is 12.4. The van der Waals surface area contributed by atoms with E-state index in [-0.39, 0.29) is 6.10 Å². The van der Waals surface area contributed by atoms with Crippen LogP contribution in [0.25, 0.3) is 10.8 Å². The van der Waals surface area contributed by atoms with Gasteiger partial charge >= 0.3 is 0 Å². The van der Waals surface area contributed by atoms with Gasteiger partial charge in [0.25, 0.3) is 0 Å². The number of rotatable bonds is 6. The average molecular weight is 467 g/mol. The minimum atomic E-state index is -0.166. The third-order valence-corrected chi connectivity index (χ3v) is 7.02. The van der Waals surface area contributed by atoms with Crippen molar-refractivity contribution in [2.24, 2.45) is 0 Å². The van der Waals surface area contributed by atoms with Gasteiger partial charge in [0.2, 0.25) is 0 Å². The van der Waals surface area contributed by atoms with Crippen molar-refractivity contribution in [2.75, 3.05) is 49.1 Å². The molecule has 0 bridgehead atoms. The molecule has 2 aliphatic heterocycles. The van der Waals surface area contributed by atoms with Gasteiger partial charge in [0, 0.05) is 69.2 Å². The molecule has 2 aromatic carbocycles. The van der Waals surface area contributed by atoms with E-state index in [2.05, 4.69) is 80.5 Å². The molecule has 0 saturated carbocycles. The number of aliphatic hydroxyl groups excluding tert-OH is 1. The third-order valence-electron chi connectivity index (χ3n) is 7.02. The predicted octanol–water partition coefficient (Wildman–Crippen LogP) is 3.12. The number of benzene rings is 2. The normalized spacial score (nSPS) is 17.1. The van der Waals surface area contributed by atoms with E-state index in [1.165, 1.54) is 21.9 Å². The molecular weight excluding hydrogens is 436 g/mol. The average Bonchev–Trinajstić information content (AvgIpc) is 2.89. The molecule has 2 fully saturated rings. The highest BCUT2D eigenvalue weighted by Crippen LogP contribution is 2.28. The van der Waals surface area contributed by atoms with E-state index in [0.717, 1.165) is 69.6 Å².